The Hall–Kier alpha value is -2.07. The van der Waals surface area contributed by atoms with Crippen LogP contribution in [0.15, 0.2) is 47.8 Å². The van der Waals surface area contributed by atoms with Crippen molar-refractivity contribution in [1.82, 2.24) is 9.47 Å². The molecule has 1 saturated heterocycles. The van der Waals surface area contributed by atoms with Crippen LogP contribution in [0.4, 0.5) is 0 Å². The van der Waals surface area contributed by atoms with Crippen LogP contribution in [-0.4, -0.2) is 28.5 Å². The lowest BCUT2D eigenvalue weighted by Gasteiger charge is -2.17. The minimum absolute atomic E-state index is 0.233. The summed E-state index contributed by atoms with van der Waals surface area (Å²) in [5.41, 5.74) is 2.28. The molecule has 1 aliphatic rings. The van der Waals surface area contributed by atoms with Crippen LogP contribution in [0.1, 0.15) is 12.8 Å². The van der Waals surface area contributed by atoms with Crippen molar-refractivity contribution >= 4 is 28.1 Å². The average Bonchev–Trinajstić information content (AvgIpc) is 3.28. The first-order valence-corrected chi connectivity index (χ1v) is 8.61. The molecule has 0 atom stereocenters. The molecule has 3 aromatic rings. The van der Waals surface area contributed by atoms with Crippen LogP contribution in [0, 0.1) is 0 Å². The van der Waals surface area contributed by atoms with E-state index in [1.807, 2.05) is 17.0 Å². The van der Waals surface area contributed by atoms with Gasteiger partial charge >= 0.3 is 0 Å². The van der Waals surface area contributed by atoms with Crippen molar-refractivity contribution in [2.24, 2.45) is 0 Å². The molecule has 0 saturated carbocycles. The zero-order valence-electron chi connectivity index (χ0n) is 12.4. The van der Waals surface area contributed by atoms with Crippen LogP contribution in [0.3, 0.4) is 0 Å². The van der Waals surface area contributed by atoms with Gasteiger partial charge in [0.15, 0.2) is 0 Å². The standard InChI is InChI=1S/C18H18N2OS/c21-18(19-9-3-4-10-19)13-20-15-7-2-1-6-14(15)12-16(20)17-8-5-11-22-17/h1-2,5-8,11-12H,3-4,9-10,13H2. The van der Waals surface area contributed by atoms with Gasteiger partial charge in [0.05, 0.1) is 10.6 Å². The summed E-state index contributed by atoms with van der Waals surface area (Å²) in [5.74, 6) is 0.233. The summed E-state index contributed by atoms with van der Waals surface area (Å²) >= 11 is 1.72. The van der Waals surface area contributed by atoms with Crippen LogP contribution in [0.25, 0.3) is 21.5 Å². The maximum absolute atomic E-state index is 12.6. The molecule has 3 nitrogen and oxygen atoms in total. The molecular weight excluding hydrogens is 292 g/mol. The highest BCUT2D eigenvalue weighted by molar-refractivity contribution is 7.13. The normalized spacial score (nSPS) is 14.8. The summed E-state index contributed by atoms with van der Waals surface area (Å²) in [6.45, 7) is 2.25. The Balaban J connectivity index is 1.77. The summed E-state index contributed by atoms with van der Waals surface area (Å²) in [6.07, 6.45) is 2.27. The lowest BCUT2D eigenvalue weighted by Crippen LogP contribution is -2.31. The number of thiophene rings is 1. The monoisotopic (exact) mass is 310 g/mol. The third kappa shape index (κ3) is 2.33. The fraction of sp³-hybridized carbons (Fsp3) is 0.278. The molecule has 1 fully saturated rings. The van der Waals surface area contributed by atoms with Crippen molar-refractivity contribution in [2.75, 3.05) is 13.1 Å². The molecule has 0 bridgehead atoms. The molecule has 1 aliphatic heterocycles. The second-order valence-electron chi connectivity index (χ2n) is 5.74. The molecule has 4 heteroatoms. The van der Waals surface area contributed by atoms with Gasteiger partial charge in [-0.2, -0.15) is 0 Å². The summed E-state index contributed by atoms with van der Waals surface area (Å²) in [5, 5.41) is 3.28. The maximum Gasteiger partial charge on any atom is 0.242 e. The van der Waals surface area contributed by atoms with Crippen molar-refractivity contribution in [1.29, 1.82) is 0 Å². The van der Waals surface area contributed by atoms with E-state index in [1.165, 1.54) is 10.3 Å². The Morgan fingerprint density at radius 1 is 1.09 bits per heavy atom. The number of rotatable bonds is 3. The molecule has 2 aromatic heterocycles. The summed E-state index contributed by atoms with van der Waals surface area (Å²) in [6, 6.07) is 14.7. The van der Waals surface area contributed by atoms with E-state index < -0.39 is 0 Å². The molecule has 112 valence electrons. The third-order valence-corrected chi connectivity index (χ3v) is 5.23. The SMILES string of the molecule is O=C(Cn1c(-c2cccs2)cc2ccccc21)N1CCCC1. The van der Waals surface area contributed by atoms with E-state index in [4.69, 9.17) is 0 Å². The Bertz CT molecular complexity index is 798. The van der Waals surface area contributed by atoms with E-state index in [9.17, 15) is 4.79 Å². The molecule has 1 aromatic carbocycles. The van der Waals surface area contributed by atoms with E-state index in [0.29, 0.717) is 6.54 Å². The first-order valence-electron chi connectivity index (χ1n) is 7.73. The van der Waals surface area contributed by atoms with Gasteiger partial charge < -0.3 is 9.47 Å². The van der Waals surface area contributed by atoms with Gasteiger partial charge in [-0.05, 0) is 36.4 Å². The van der Waals surface area contributed by atoms with Gasteiger partial charge in [-0.1, -0.05) is 24.3 Å². The minimum atomic E-state index is 0.233. The van der Waals surface area contributed by atoms with Gasteiger partial charge in [0.2, 0.25) is 5.91 Å². The first-order chi connectivity index (χ1) is 10.8. The number of carbonyl (C=O) groups is 1. The van der Waals surface area contributed by atoms with Crippen molar-refractivity contribution in [3.8, 4) is 10.6 Å². The summed E-state index contributed by atoms with van der Waals surface area (Å²) in [7, 11) is 0. The lowest BCUT2D eigenvalue weighted by molar-refractivity contribution is -0.130. The zero-order chi connectivity index (χ0) is 14.9. The number of aromatic nitrogens is 1. The zero-order valence-corrected chi connectivity index (χ0v) is 13.2. The lowest BCUT2D eigenvalue weighted by atomic mass is 10.2. The predicted octanol–water partition coefficient (Wildman–Crippen LogP) is 3.99. The topological polar surface area (TPSA) is 25.2 Å². The van der Waals surface area contributed by atoms with E-state index >= 15 is 0 Å². The molecule has 1 amide bonds. The smallest absolute Gasteiger partial charge is 0.242 e. The second-order valence-corrected chi connectivity index (χ2v) is 6.69. The van der Waals surface area contributed by atoms with Crippen molar-refractivity contribution < 1.29 is 4.79 Å². The van der Waals surface area contributed by atoms with Gasteiger partial charge in [0.25, 0.3) is 0 Å². The first kappa shape index (κ1) is 13.6. The predicted molar refractivity (Wildman–Crippen MR) is 91.1 cm³/mol. The molecule has 22 heavy (non-hydrogen) atoms. The fourth-order valence-electron chi connectivity index (χ4n) is 3.21. The molecule has 0 aliphatic carbocycles. The Morgan fingerprint density at radius 2 is 1.91 bits per heavy atom. The number of benzene rings is 1. The number of carbonyl (C=O) groups excluding carboxylic acids is 1. The van der Waals surface area contributed by atoms with E-state index in [0.717, 1.165) is 37.1 Å². The van der Waals surface area contributed by atoms with Crippen molar-refractivity contribution in [2.45, 2.75) is 19.4 Å². The molecule has 0 spiro atoms. The summed E-state index contributed by atoms with van der Waals surface area (Å²) in [4.78, 5) is 15.8. The van der Waals surface area contributed by atoms with Gasteiger partial charge in [0, 0.05) is 24.0 Å². The molecule has 4 rings (SSSR count). The third-order valence-electron chi connectivity index (χ3n) is 4.34. The van der Waals surface area contributed by atoms with Crippen molar-refractivity contribution in [3.05, 3.63) is 47.8 Å². The van der Waals surface area contributed by atoms with Gasteiger partial charge in [0.1, 0.15) is 6.54 Å². The van der Waals surface area contributed by atoms with Crippen LogP contribution >= 0.6 is 11.3 Å². The van der Waals surface area contributed by atoms with Gasteiger partial charge in [-0.3, -0.25) is 4.79 Å². The van der Waals surface area contributed by atoms with E-state index in [1.54, 1.807) is 11.3 Å². The van der Waals surface area contributed by atoms with Crippen LogP contribution in [0.5, 0.6) is 0 Å². The number of amides is 1. The maximum atomic E-state index is 12.6. The van der Waals surface area contributed by atoms with Crippen molar-refractivity contribution in [3.63, 3.8) is 0 Å². The number of likely N-dealkylation sites (tertiary alicyclic amines) is 1. The quantitative estimate of drug-likeness (QED) is 0.718. The number of fused-ring (bicyclic) bond motifs is 1. The number of hydrogen-bond acceptors (Lipinski definition) is 2. The highest BCUT2D eigenvalue weighted by atomic mass is 32.1. The van der Waals surface area contributed by atoms with Gasteiger partial charge in [-0.25, -0.2) is 0 Å². The highest BCUT2D eigenvalue weighted by Crippen LogP contribution is 2.31. The van der Waals surface area contributed by atoms with Gasteiger partial charge in [-0.15, -0.1) is 11.3 Å². The van der Waals surface area contributed by atoms with E-state index in [-0.39, 0.29) is 5.91 Å². The molecule has 0 unspecified atom stereocenters. The molecule has 3 heterocycles. The largest absolute Gasteiger partial charge is 0.341 e. The molecular formula is C18H18N2OS. The Kier molecular flexibility index (Phi) is 3.47. The second kappa shape index (κ2) is 5.61. The highest BCUT2D eigenvalue weighted by Gasteiger charge is 2.20. The number of nitrogens with zero attached hydrogens (tertiary/aromatic N) is 2. The molecule has 0 N–H and O–H groups in total. The van der Waals surface area contributed by atoms with E-state index in [2.05, 4.69) is 40.3 Å². The minimum Gasteiger partial charge on any atom is -0.341 e. The Labute approximate surface area is 133 Å². The van der Waals surface area contributed by atoms with Crippen LogP contribution in [-0.2, 0) is 11.3 Å². The van der Waals surface area contributed by atoms with Crippen LogP contribution in [0.2, 0.25) is 0 Å². The average molecular weight is 310 g/mol. The number of para-hydroxylation sites is 1. The van der Waals surface area contributed by atoms with Crippen LogP contribution < -0.4 is 0 Å². The fourth-order valence-corrected chi connectivity index (χ4v) is 3.96. The molecule has 0 radical (unpaired) electrons. The Morgan fingerprint density at radius 3 is 2.68 bits per heavy atom. The summed E-state index contributed by atoms with van der Waals surface area (Å²) < 4.78 is 2.17. The number of hydrogen-bond donors (Lipinski definition) is 0.